The van der Waals surface area contributed by atoms with Gasteiger partial charge in [-0.3, -0.25) is 4.79 Å². The van der Waals surface area contributed by atoms with E-state index in [-0.39, 0.29) is 5.91 Å². The first-order chi connectivity index (χ1) is 12.2. The van der Waals surface area contributed by atoms with Gasteiger partial charge in [-0.25, -0.2) is 0 Å². The molecule has 0 fully saturated rings. The Morgan fingerprint density at radius 1 is 1.08 bits per heavy atom. The van der Waals surface area contributed by atoms with Gasteiger partial charge in [0.05, 0.1) is 13.7 Å². The molecular weight excluding hydrogens is 318 g/mol. The summed E-state index contributed by atoms with van der Waals surface area (Å²) in [5, 5.41) is 2.81. The van der Waals surface area contributed by atoms with Crippen molar-refractivity contribution in [3.63, 3.8) is 0 Å². The zero-order valence-electron chi connectivity index (χ0n) is 14.5. The van der Waals surface area contributed by atoms with E-state index in [1.54, 1.807) is 25.3 Å². The van der Waals surface area contributed by atoms with E-state index in [0.29, 0.717) is 25.5 Å². The lowest BCUT2D eigenvalue weighted by molar-refractivity contribution is -0.111. The van der Waals surface area contributed by atoms with Crippen LogP contribution in [0.3, 0.4) is 0 Å². The molecule has 1 amide bonds. The fourth-order valence-corrected chi connectivity index (χ4v) is 2.15. The lowest BCUT2D eigenvalue weighted by atomic mass is 10.2. The molecule has 5 nitrogen and oxygen atoms in total. The number of carbonyl (C=O) groups is 1. The molecule has 132 valence electrons. The molecule has 2 rings (SSSR count). The zero-order valence-corrected chi connectivity index (χ0v) is 14.5. The van der Waals surface area contributed by atoms with E-state index in [2.05, 4.69) is 5.32 Å². The number of hydrogen-bond acceptors (Lipinski definition) is 4. The molecule has 5 heteroatoms. The smallest absolute Gasteiger partial charge is 0.248 e. The number of methoxy groups -OCH3 is 1. The Bertz CT molecular complexity index is 695. The molecule has 0 aliphatic rings. The molecule has 0 atom stereocenters. The second-order valence-corrected chi connectivity index (χ2v) is 5.13. The summed E-state index contributed by atoms with van der Waals surface area (Å²) in [4.78, 5) is 12.0. The number of nitrogens with one attached hydrogen (secondary N) is 1. The number of amides is 1. The minimum atomic E-state index is -0.212. The average molecular weight is 341 g/mol. The van der Waals surface area contributed by atoms with Crippen LogP contribution in [0.2, 0.25) is 0 Å². The lowest BCUT2D eigenvalue weighted by Gasteiger charge is -2.07. The van der Waals surface area contributed by atoms with Crippen molar-refractivity contribution in [2.24, 2.45) is 0 Å². The van der Waals surface area contributed by atoms with Crippen LogP contribution >= 0.6 is 0 Å². The third-order valence-corrected chi connectivity index (χ3v) is 3.38. The molecule has 0 radical (unpaired) electrons. The molecule has 25 heavy (non-hydrogen) atoms. The summed E-state index contributed by atoms with van der Waals surface area (Å²) in [6, 6.07) is 14.7. The minimum absolute atomic E-state index is 0.212. The van der Waals surface area contributed by atoms with Gasteiger partial charge in [0.1, 0.15) is 18.1 Å². The quantitative estimate of drug-likeness (QED) is 0.557. The topological polar surface area (TPSA) is 56.8 Å². The first kappa shape index (κ1) is 18.5. The standard InChI is InChI=1S/C20H23NO4/c1-3-24-14-15-25-18-11-9-17(10-12-18)21-20(22)13-8-16-6-4-5-7-19(16)23-2/h4-13H,3,14-15H2,1-2H3,(H,21,22)/b13-8+. The van der Waals surface area contributed by atoms with Crippen LogP contribution < -0.4 is 14.8 Å². The maximum absolute atomic E-state index is 12.0. The number of ether oxygens (including phenoxy) is 3. The normalized spacial score (nSPS) is 10.6. The van der Waals surface area contributed by atoms with Gasteiger partial charge in [-0.05, 0) is 43.3 Å². The first-order valence-electron chi connectivity index (χ1n) is 8.15. The van der Waals surface area contributed by atoms with Crippen LogP contribution in [0, 0.1) is 0 Å². The fraction of sp³-hybridized carbons (Fsp3) is 0.250. The highest BCUT2D eigenvalue weighted by atomic mass is 16.5. The molecule has 2 aromatic rings. The van der Waals surface area contributed by atoms with Gasteiger partial charge < -0.3 is 19.5 Å². The van der Waals surface area contributed by atoms with Gasteiger partial charge in [0.2, 0.25) is 5.91 Å². The van der Waals surface area contributed by atoms with Gasteiger partial charge in [-0.2, -0.15) is 0 Å². The van der Waals surface area contributed by atoms with Crippen molar-refractivity contribution < 1.29 is 19.0 Å². The predicted molar refractivity (Wildman–Crippen MR) is 99.1 cm³/mol. The van der Waals surface area contributed by atoms with Crippen molar-refractivity contribution in [1.82, 2.24) is 0 Å². The predicted octanol–water partition coefficient (Wildman–Crippen LogP) is 3.76. The Balaban J connectivity index is 1.86. The van der Waals surface area contributed by atoms with Gasteiger partial charge in [0.15, 0.2) is 0 Å². The Hall–Kier alpha value is -2.79. The van der Waals surface area contributed by atoms with Gasteiger partial charge >= 0.3 is 0 Å². The highest BCUT2D eigenvalue weighted by Gasteiger charge is 2.01. The van der Waals surface area contributed by atoms with E-state index in [1.807, 2.05) is 43.3 Å². The fourth-order valence-electron chi connectivity index (χ4n) is 2.15. The molecule has 2 aromatic carbocycles. The van der Waals surface area contributed by atoms with Crippen LogP contribution in [0.4, 0.5) is 5.69 Å². The molecule has 0 saturated carbocycles. The maximum atomic E-state index is 12.0. The van der Waals surface area contributed by atoms with E-state index in [1.165, 1.54) is 6.08 Å². The molecule has 0 spiro atoms. The van der Waals surface area contributed by atoms with Crippen molar-refractivity contribution in [3.8, 4) is 11.5 Å². The van der Waals surface area contributed by atoms with Crippen LogP contribution in [-0.4, -0.2) is 32.8 Å². The molecular formula is C20H23NO4. The van der Waals surface area contributed by atoms with E-state index in [4.69, 9.17) is 14.2 Å². The van der Waals surface area contributed by atoms with Crippen LogP contribution in [0.5, 0.6) is 11.5 Å². The van der Waals surface area contributed by atoms with Crippen molar-refractivity contribution in [3.05, 3.63) is 60.2 Å². The molecule has 0 bridgehead atoms. The van der Waals surface area contributed by atoms with Crippen molar-refractivity contribution >= 4 is 17.7 Å². The van der Waals surface area contributed by atoms with Crippen molar-refractivity contribution in [2.45, 2.75) is 6.92 Å². The first-order valence-corrected chi connectivity index (χ1v) is 8.15. The number of benzene rings is 2. The summed E-state index contributed by atoms with van der Waals surface area (Å²) in [6.07, 6.45) is 3.20. The van der Waals surface area contributed by atoms with Gasteiger partial charge in [0.25, 0.3) is 0 Å². The van der Waals surface area contributed by atoms with Crippen LogP contribution in [-0.2, 0) is 9.53 Å². The molecule has 0 heterocycles. The van der Waals surface area contributed by atoms with Gasteiger partial charge in [-0.1, -0.05) is 18.2 Å². The largest absolute Gasteiger partial charge is 0.496 e. The Kier molecular flexibility index (Phi) is 7.53. The lowest BCUT2D eigenvalue weighted by Crippen LogP contribution is -2.08. The Labute approximate surface area is 148 Å². The molecule has 1 N–H and O–H groups in total. The monoisotopic (exact) mass is 341 g/mol. The van der Waals surface area contributed by atoms with Gasteiger partial charge in [0, 0.05) is 23.9 Å². The molecule has 0 aromatic heterocycles. The third kappa shape index (κ3) is 6.31. The molecule has 0 saturated heterocycles. The number of hydrogen-bond donors (Lipinski definition) is 1. The van der Waals surface area contributed by atoms with E-state index in [9.17, 15) is 4.79 Å². The highest BCUT2D eigenvalue weighted by molar-refractivity contribution is 6.02. The Morgan fingerprint density at radius 3 is 2.56 bits per heavy atom. The van der Waals surface area contributed by atoms with Crippen LogP contribution in [0.1, 0.15) is 12.5 Å². The number of anilines is 1. The summed E-state index contributed by atoms with van der Waals surface area (Å²) in [6.45, 7) is 3.68. The summed E-state index contributed by atoms with van der Waals surface area (Å²) in [5.74, 6) is 1.25. The van der Waals surface area contributed by atoms with Crippen LogP contribution in [0.15, 0.2) is 54.6 Å². The van der Waals surface area contributed by atoms with Crippen molar-refractivity contribution in [2.75, 3.05) is 32.2 Å². The van der Waals surface area contributed by atoms with E-state index < -0.39 is 0 Å². The number of rotatable bonds is 9. The molecule has 0 aliphatic heterocycles. The minimum Gasteiger partial charge on any atom is -0.496 e. The SMILES string of the molecule is CCOCCOc1ccc(NC(=O)/C=C/c2ccccc2OC)cc1. The summed E-state index contributed by atoms with van der Waals surface area (Å²) in [5.41, 5.74) is 1.55. The summed E-state index contributed by atoms with van der Waals surface area (Å²) in [7, 11) is 1.60. The molecule has 0 unspecified atom stereocenters. The third-order valence-electron chi connectivity index (χ3n) is 3.38. The van der Waals surface area contributed by atoms with Crippen LogP contribution in [0.25, 0.3) is 6.08 Å². The second-order valence-electron chi connectivity index (χ2n) is 5.13. The number of para-hydroxylation sites is 1. The van der Waals surface area contributed by atoms with E-state index in [0.717, 1.165) is 17.1 Å². The average Bonchev–Trinajstić information content (AvgIpc) is 2.65. The van der Waals surface area contributed by atoms with Gasteiger partial charge in [-0.15, -0.1) is 0 Å². The number of carbonyl (C=O) groups excluding carboxylic acids is 1. The maximum Gasteiger partial charge on any atom is 0.248 e. The summed E-state index contributed by atoms with van der Waals surface area (Å²) < 4.78 is 16.0. The second kappa shape index (κ2) is 10.2. The Morgan fingerprint density at radius 2 is 1.84 bits per heavy atom. The molecule has 0 aliphatic carbocycles. The zero-order chi connectivity index (χ0) is 17.9. The van der Waals surface area contributed by atoms with Crippen molar-refractivity contribution in [1.29, 1.82) is 0 Å². The highest BCUT2D eigenvalue weighted by Crippen LogP contribution is 2.19. The van der Waals surface area contributed by atoms with E-state index >= 15 is 0 Å². The summed E-state index contributed by atoms with van der Waals surface area (Å²) >= 11 is 0.